The van der Waals surface area contributed by atoms with Gasteiger partial charge in [-0.1, -0.05) is 11.6 Å². The molecule has 2 aliphatic carbocycles. The van der Waals surface area contributed by atoms with Crippen LogP contribution in [0, 0.1) is 24.7 Å². The summed E-state index contributed by atoms with van der Waals surface area (Å²) in [5.41, 5.74) is 2.32. The molecule has 0 N–H and O–H groups in total. The Morgan fingerprint density at radius 1 is 1.29 bits per heavy atom. The van der Waals surface area contributed by atoms with Gasteiger partial charge in [-0.25, -0.2) is 0 Å². The van der Waals surface area contributed by atoms with Gasteiger partial charge in [0.05, 0.1) is 12.0 Å². The molecule has 2 heterocycles. The van der Waals surface area contributed by atoms with Crippen LogP contribution in [0.5, 0.6) is 5.75 Å². The minimum atomic E-state index is -0.498. The number of hydrogen-bond donors (Lipinski definition) is 0. The number of nitrogens with zero attached hydrogens (tertiary/aromatic N) is 2. The molecule has 5 rings (SSSR count). The van der Waals surface area contributed by atoms with E-state index < -0.39 is 5.60 Å². The number of carbonyl (C=O) groups is 2. The normalized spacial score (nSPS) is 29.8. The molecule has 28 heavy (non-hydrogen) atoms. The highest BCUT2D eigenvalue weighted by atomic mass is 16.5. The molecule has 4 atom stereocenters. The number of pyridine rings is 1. The summed E-state index contributed by atoms with van der Waals surface area (Å²) >= 11 is 0. The Kier molecular flexibility index (Phi) is 3.83. The number of hydrogen-bond acceptors (Lipinski definition) is 4. The molecule has 1 amide bonds. The van der Waals surface area contributed by atoms with Crippen LogP contribution in [0.3, 0.4) is 0 Å². The lowest BCUT2D eigenvalue weighted by Gasteiger charge is -2.37. The van der Waals surface area contributed by atoms with Gasteiger partial charge in [0, 0.05) is 37.8 Å². The third-order valence-electron chi connectivity index (χ3n) is 6.72. The number of fused-ring (bicyclic) bond motifs is 3. The van der Waals surface area contributed by atoms with Crippen molar-refractivity contribution in [2.75, 3.05) is 7.05 Å². The molecular weight excluding hydrogens is 352 g/mol. The molecule has 1 aromatic heterocycles. The third kappa shape index (κ3) is 2.64. The molecule has 5 heteroatoms. The highest BCUT2D eigenvalue weighted by Crippen LogP contribution is 2.66. The molecule has 1 spiro atoms. The van der Waals surface area contributed by atoms with Crippen molar-refractivity contribution in [2.24, 2.45) is 17.8 Å². The van der Waals surface area contributed by atoms with E-state index in [4.69, 9.17) is 4.74 Å². The summed E-state index contributed by atoms with van der Waals surface area (Å²) < 4.78 is 6.44. The molecule has 1 aliphatic heterocycles. The van der Waals surface area contributed by atoms with E-state index in [0.29, 0.717) is 30.2 Å². The van der Waals surface area contributed by atoms with Crippen molar-refractivity contribution in [3.05, 3.63) is 59.4 Å². The monoisotopic (exact) mass is 376 g/mol. The van der Waals surface area contributed by atoms with Crippen molar-refractivity contribution in [3.8, 4) is 5.75 Å². The Labute approximate surface area is 164 Å². The van der Waals surface area contributed by atoms with Crippen LogP contribution in [0.2, 0.25) is 0 Å². The van der Waals surface area contributed by atoms with Crippen LogP contribution < -0.4 is 4.74 Å². The van der Waals surface area contributed by atoms with Gasteiger partial charge in [0.15, 0.2) is 5.78 Å². The summed E-state index contributed by atoms with van der Waals surface area (Å²) in [6.45, 7) is 2.56. The van der Waals surface area contributed by atoms with Crippen LogP contribution in [0.25, 0.3) is 0 Å². The molecular formula is C23H24N2O3. The fourth-order valence-corrected chi connectivity index (χ4v) is 5.36. The summed E-state index contributed by atoms with van der Waals surface area (Å²) in [6, 6.07) is 9.66. The van der Waals surface area contributed by atoms with Crippen molar-refractivity contribution in [1.82, 2.24) is 9.88 Å². The van der Waals surface area contributed by atoms with Crippen molar-refractivity contribution in [3.63, 3.8) is 0 Å². The van der Waals surface area contributed by atoms with Gasteiger partial charge in [-0.3, -0.25) is 14.6 Å². The van der Waals surface area contributed by atoms with E-state index in [-0.39, 0.29) is 23.5 Å². The maximum absolute atomic E-state index is 13.1. The molecule has 0 radical (unpaired) electrons. The van der Waals surface area contributed by atoms with Crippen LogP contribution in [-0.4, -0.2) is 34.2 Å². The molecule has 144 valence electrons. The molecule has 5 nitrogen and oxygen atoms in total. The molecule has 0 saturated heterocycles. The standard InChI is InChI=1S/C23H24N2O3/c1-14-3-4-19-17(11-14)18(26)12-23(28-19)8-5-16-20(21(16)23)22(27)25(2)13-15-6-9-24-10-7-15/h3-4,6-7,9-11,16,20-21H,5,8,12-13H2,1-2H3/t16-,20-,21-,23-/m1/s1. The number of ether oxygens (including phenoxy) is 1. The maximum atomic E-state index is 13.1. The van der Waals surface area contributed by atoms with Crippen LogP contribution >= 0.6 is 0 Å². The predicted octanol–water partition coefficient (Wildman–Crippen LogP) is 3.41. The van der Waals surface area contributed by atoms with Gasteiger partial charge < -0.3 is 9.64 Å². The average molecular weight is 376 g/mol. The number of carbonyl (C=O) groups excluding carboxylic acids is 2. The zero-order valence-corrected chi connectivity index (χ0v) is 16.2. The smallest absolute Gasteiger partial charge is 0.226 e. The number of Topliss-reactive ketones (excluding diaryl/α,β-unsaturated/α-hetero) is 1. The van der Waals surface area contributed by atoms with Gasteiger partial charge in [0.25, 0.3) is 0 Å². The highest BCUT2D eigenvalue weighted by molar-refractivity contribution is 6.01. The molecule has 2 aromatic rings. The SMILES string of the molecule is Cc1ccc2c(c1)C(=O)C[C@@]1(CC[C@@H]3[C@@H](C(=O)N(C)Cc4ccncc4)[C@@H]31)O2. The summed E-state index contributed by atoms with van der Waals surface area (Å²) in [4.78, 5) is 31.8. The van der Waals surface area contributed by atoms with Crippen molar-refractivity contribution < 1.29 is 14.3 Å². The lowest BCUT2D eigenvalue weighted by Crippen LogP contribution is -2.44. The maximum Gasteiger partial charge on any atom is 0.226 e. The van der Waals surface area contributed by atoms with Gasteiger partial charge in [-0.2, -0.15) is 0 Å². The van der Waals surface area contributed by atoms with Crippen LogP contribution in [0.4, 0.5) is 0 Å². The second kappa shape index (κ2) is 6.16. The lowest BCUT2D eigenvalue weighted by molar-refractivity contribution is -0.133. The predicted molar refractivity (Wildman–Crippen MR) is 104 cm³/mol. The Morgan fingerprint density at radius 2 is 2.07 bits per heavy atom. The average Bonchev–Trinajstić information content (AvgIpc) is 3.33. The van der Waals surface area contributed by atoms with E-state index >= 15 is 0 Å². The van der Waals surface area contributed by atoms with Gasteiger partial charge in [0.1, 0.15) is 11.4 Å². The number of aryl methyl sites for hydroxylation is 1. The third-order valence-corrected chi connectivity index (χ3v) is 6.72. The number of benzene rings is 1. The summed E-state index contributed by atoms with van der Waals surface area (Å²) in [5, 5.41) is 0. The van der Waals surface area contributed by atoms with Gasteiger partial charge in [-0.15, -0.1) is 0 Å². The van der Waals surface area contributed by atoms with Gasteiger partial charge >= 0.3 is 0 Å². The summed E-state index contributed by atoms with van der Waals surface area (Å²) in [6.07, 6.45) is 5.70. The van der Waals surface area contributed by atoms with Crippen molar-refractivity contribution in [1.29, 1.82) is 0 Å². The van der Waals surface area contributed by atoms with Crippen LogP contribution in [-0.2, 0) is 11.3 Å². The van der Waals surface area contributed by atoms with E-state index in [9.17, 15) is 9.59 Å². The molecule has 3 aliphatic rings. The lowest BCUT2D eigenvalue weighted by atomic mass is 9.84. The first-order valence-electron chi connectivity index (χ1n) is 9.95. The minimum Gasteiger partial charge on any atom is -0.486 e. The second-order valence-corrected chi connectivity index (χ2v) is 8.57. The zero-order chi connectivity index (χ0) is 19.5. The Bertz CT molecular complexity index is 958. The Hall–Kier alpha value is -2.69. The number of rotatable bonds is 3. The zero-order valence-electron chi connectivity index (χ0n) is 16.2. The Morgan fingerprint density at radius 3 is 2.86 bits per heavy atom. The highest BCUT2D eigenvalue weighted by Gasteiger charge is 2.70. The first-order valence-corrected chi connectivity index (χ1v) is 9.95. The van der Waals surface area contributed by atoms with E-state index in [2.05, 4.69) is 4.98 Å². The van der Waals surface area contributed by atoms with E-state index in [1.807, 2.05) is 44.3 Å². The molecule has 1 aromatic carbocycles. The van der Waals surface area contributed by atoms with Gasteiger partial charge in [-0.05, 0) is 55.5 Å². The van der Waals surface area contributed by atoms with E-state index in [0.717, 1.165) is 24.0 Å². The largest absolute Gasteiger partial charge is 0.486 e. The van der Waals surface area contributed by atoms with E-state index in [1.54, 1.807) is 17.3 Å². The number of amides is 1. The molecule has 0 bridgehead atoms. The minimum absolute atomic E-state index is 0.0274. The quantitative estimate of drug-likeness (QED) is 0.824. The fraction of sp³-hybridized carbons (Fsp3) is 0.435. The van der Waals surface area contributed by atoms with E-state index in [1.165, 1.54) is 0 Å². The van der Waals surface area contributed by atoms with Gasteiger partial charge in [0.2, 0.25) is 5.91 Å². The number of ketones is 1. The first-order chi connectivity index (χ1) is 13.5. The summed E-state index contributed by atoms with van der Waals surface area (Å²) in [7, 11) is 1.86. The molecule has 2 saturated carbocycles. The van der Waals surface area contributed by atoms with Crippen LogP contribution in [0.15, 0.2) is 42.7 Å². The van der Waals surface area contributed by atoms with Crippen LogP contribution in [0.1, 0.15) is 40.7 Å². The molecule has 2 fully saturated rings. The summed E-state index contributed by atoms with van der Waals surface area (Å²) in [5.74, 6) is 1.46. The van der Waals surface area contributed by atoms with Crippen molar-refractivity contribution >= 4 is 11.7 Å². The first kappa shape index (κ1) is 17.4. The van der Waals surface area contributed by atoms with Crippen molar-refractivity contribution in [2.45, 2.75) is 38.3 Å². The fourth-order valence-electron chi connectivity index (χ4n) is 5.36. The molecule has 0 unspecified atom stereocenters. The topological polar surface area (TPSA) is 59.5 Å². The Balaban J connectivity index is 1.34. The number of aromatic nitrogens is 1. The second-order valence-electron chi connectivity index (χ2n) is 8.57.